The van der Waals surface area contributed by atoms with Crippen LogP contribution in [0.15, 0.2) is 30.3 Å². The first-order valence-corrected chi connectivity index (χ1v) is 14.5. The molecule has 12 nitrogen and oxygen atoms in total. The van der Waals surface area contributed by atoms with Gasteiger partial charge >= 0.3 is 0 Å². The number of pyridine rings is 1. The molecule has 0 spiro atoms. The molecular weight excluding hydrogens is 536 g/mol. The lowest BCUT2D eigenvalue weighted by Gasteiger charge is -2.15. The van der Waals surface area contributed by atoms with Crippen molar-refractivity contribution < 1.29 is 27.7 Å². The van der Waals surface area contributed by atoms with E-state index in [2.05, 4.69) is 19.7 Å². The molecule has 1 aromatic carbocycles. The lowest BCUT2D eigenvalue weighted by Crippen LogP contribution is -2.34. The number of fused-ring (bicyclic) bond motifs is 3. The first-order valence-electron chi connectivity index (χ1n) is 12.3. The summed E-state index contributed by atoms with van der Waals surface area (Å²) in [7, 11) is -3.28. The van der Waals surface area contributed by atoms with Gasteiger partial charge in [-0.15, -0.1) is 0 Å². The summed E-state index contributed by atoms with van der Waals surface area (Å²) in [5, 5.41) is 16.2. The van der Waals surface area contributed by atoms with Crippen molar-refractivity contribution in [1.29, 1.82) is 0 Å². The minimum Gasteiger partial charge on any atom is -0.456 e. The van der Waals surface area contributed by atoms with Gasteiger partial charge in [0.15, 0.2) is 11.8 Å². The van der Waals surface area contributed by atoms with Gasteiger partial charge in [-0.3, -0.25) is 4.68 Å². The highest BCUT2D eigenvalue weighted by Crippen LogP contribution is 2.30. The molecule has 3 aromatic heterocycles. The van der Waals surface area contributed by atoms with E-state index < -0.39 is 16.1 Å². The molecule has 3 N–H and O–H groups in total. The second-order valence-corrected chi connectivity index (χ2v) is 11.7. The standard InChI is InChI=1S/C24H27ClN6O6S/c1-38(33,34)26-8-9-31-18-5-3-2-4-13(18)15(30-31)6-7-16-14(25)10-17-23(27-16)29-24(28-17)37-20-12-36-21-19(32)11-35-22(20)21/h2-5,10,19-22,26,32H,6-9,11-12H2,1H3,(H,27,28,29)/t19-,20-,21-,22-/m1/s1. The third-order valence-corrected chi connectivity index (χ3v) is 7.80. The van der Waals surface area contributed by atoms with Crippen molar-refractivity contribution >= 4 is 43.7 Å². The molecule has 0 bridgehead atoms. The van der Waals surface area contributed by atoms with Gasteiger partial charge in [-0.2, -0.15) is 10.1 Å². The predicted octanol–water partition coefficient (Wildman–Crippen LogP) is 1.20. The fraction of sp³-hybridized carbons (Fsp3) is 0.458. The molecule has 2 aliphatic heterocycles. The maximum absolute atomic E-state index is 11.4. The summed E-state index contributed by atoms with van der Waals surface area (Å²) in [5.74, 6) is 0. The number of aromatic amines is 1. The van der Waals surface area contributed by atoms with Gasteiger partial charge in [0.2, 0.25) is 10.0 Å². The summed E-state index contributed by atoms with van der Waals surface area (Å²) >= 11 is 6.56. The van der Waals surface area contributed by atoms with Crippen molar-refractivity contribution in [3.63, 3.8) is 0 Å². The quantitative estimate of drug-likeness (QED) is 0.273. The first kappa shape index (κ1) is 25.5. The number of rotatable bonds is 9. The summed E-state index contributed by atoms with van der Waals surface area (Å²) in [4.78, 5) is 12.2. The monoisotopic (exact) mass is 562 g/mol. The SMILES string of the molecule is CS(=O)(=O)NCCn1nc(CCc2nc3nc(O[C@@H]4CO[C@H]5[C@@H]4OC[C@H]5O)[nH]c3cc2Cl)c2ccccc21. The number of aliphatic hydroxyl groups is 1. The summed E-state index contributed by atoms with van der Waals surface area (Å²) < 4.78 is 44.3. The highest BCUT2D eigenvalue weighted by molar-refractivity contribution is 7.88. The van der Waals surface area contributed by atoms with Crippen LogP contribution in [0.5, 0.6) is 6.01 Å². The van der Waals surface area contributed by atoms with Crippen molar-refractivity contribution in [2.24, 2.45) is 0 Å². The number of aryl methyl sites for hydroxylation is 2. The number of benzene rings is 1. The summed E-state index contributed by atoms with van der Waals surface area (Å²) in [6, 6.07) is 9.89. The van der Waals surface area contributed by atoms with Crippen LogP contribution in [0.4, 0.5) is 0 Å². The molecule has 0 radical (unpaired) electrons. The number of sulfonamides is 1. The fourth-order valence-corrected chi connectivity index (χ4v) is 5.69. The molecule has 202 valence electrons. The molecule has 38 heavy (non-hydrogen) atoms. The van der Waals surface area contributed by atoms with Crippen molar-refractivity contribution in [3.8, 4) is 6.01 Å². The third kappa shape index (κ3) is 5.09. The molecule has 2 fully saturated rings. The number of nitrogens with one attached hydrogen (secondary N) is 2. The molecule has 2 aliphatic rings. The molecule has 0 amide bonds. The minimum atomic E-state index is -3.28. The number of imidazole rings is 1. The van der Waals surface area contributed by atoms with Crippen molar-refractivity contribution in [2.75, 3.05) is 26.0 Å². The fourth-order valence-electron chi connectivity index (χ4n) is 4.98. The molecule has 5 heterocycles. The van der Waals surface area contributed by atoms with E-state index in [9.17, 15) is 13.5 Å². The minimum absolute atomic E-state index is 0.223. The van der Waals surface area contributed by atoms with Gasteiger partial charge < -0.3 is 24.3 Å². The number of hydrogen-bond acceptors (Lipinski definition) is 9. The average molecular weight is 563 g/mol. The summed E-state index contributed by atoms with van der Waals surface area (Å²) in [6.45, 7) is 1.18. The van der Waals surface area contributed by atoms with Gasteiger partial charge in [-0.25, -0.2) is 18.1 Å². The molecular formula is C24H27ClN6O6S. The Morgan fingerprint density at radius 3 is 2.82 bits per heavy atom. The van der Waals surface area contributed by atoms with E-state index in [4.69, 9.17) is 30.9 Å². The largest absolute Gasteiger partial charge is 0.456 e. The number of halogens is 1. The number of ether oxygens (including phenoxy) is 3. The van der Waals surface area contributed by atoms with Gasteiger partial charge in [0.05, 0.1) is 53.5 Å². The number of para-hydroxylation sites is 1. The van der Waals surface area contributed by atoms with Crippen LogP contribution in [0.1, 0.15) is 11.4 Å². The lowest BCUT2D eigenvalue weighted by atomic mass is 10.1. The summed E-state index contributed by atoms with van der Waals surface area (Å²) in [5.41, 5.74) is 3.60. The molecule has 0 aliphatic carbocycles. The smallest absolute Gasteiger partial charge is 0.296 e. The topological polar surface area (TPSA) is 153 Å². The van der Waals surface area contributed by atoms with Crippen LogP contribution in [0.3, 0.4) is 0 Å². The maximum Gasteiger partial charge on any atom is 0.296 e. The second-order valence-electron chi connectivity index (χ2n) is 9.50. The Morgan fingerprint density at radius 2 is 1.97 bits per heavy atom. The number of hydrogen-bond donors (Lipinski definition) is 3. The zero-order valence-electron chi connectivity index (χ0n) is 20.5. The van der Waals surface area contributed by atoms with Crippen LogP contribution in [-0.2, 0) is 38.9 Å². The van der Waals surface area contributed by atoms with Crippen molar-refractivity contribution in [1.82, 2.24) is 29.5 Å². The molecule has 0 unspecified atom stereocenters. The number of aliphatic hydroxyl groups excluding tert-OH is 1. The van der Waals surface area contributed by atoms with Gasteiger partial charge in [-0.05, 0) is 25.0 Å². The highest BCUT2D eigenvalue weighted by Gasteiger charge is 2.48. The third-order valence-electron chi connectivity index (χ3n) is 6.74. The van der Waals surface area contributed by atoms with Gasteiger partial charge in [-0.1, -0.05) is 29.8 Å². The number of nitrogens with zero attached hydrogens (tertiary/aromatic N) is 4. The Labute approximate surface area is 223 Å². The Balaban J connectivity index is 1.17. The Kier molecular flexibility index (Phi) is 6.74. The van der Waals surface area contributed by atoms with Crippen LogP contribution in [0, 0.1) is 0 Å². The van der Waals surface area contributed by atoms with Gasteiger partial charge in [0.1, 0.15) is 18.3 Å². The normalized spacial score (nSPS) is 23.4. The van der Waals surface area contributed by atoms with Crippen LogP contribution in [0.25, 0.3) is 22.1 Å². The van der Waals surface area contributed by atoms with Crippen molar-refractivity contribution in [3.05, 3.63) is 46.7 Å². The van der Waals surface area contributed by atoms with Crippen LogP contribution in [0.2, 0.25) is 5.02 Å². The Hall–Kier alpha value is -2.81. The number of aromatic nitrogens is 5. The number of H-pyrrole nitrogens is 1. The molecule has 6 rings (SSSR count). The van der Waals surface area contributed by atoms with Crippen LogP contribution in [-0.4, -0.2) is 88.7 Å². The zero-order chi connectivity index (χ0) is 26.4. The second kappa shape index (κ2) is 10.1. The molecule has 4 aromatic rings. The van der Waals surface area contributed by atoms with Gasteiger partial charge in [0.25, 0.3) is 6.01 Å². The summed E-state index contributed by atoms with van der Waals surface area (Å²) in [6.07, 6.45) is 0.480. The van der Waals surface area contributed by atoms with E-state index in [0.717, 1.165) is 22.9 Å². The molecule has 0 saturated carbocycles. The van der Waals surface area contributed by atoms with E-state index in [0.29, 0.717) is 47.9 Å². The van der Waals surface area contributed by atoms with Crippen molar-refractivity contribution in [2.45, 2.75) is 43.8 Å². The molecule has 2 saturated heterocycles. The maximum atomic E-state index is 11.4. The Bertz CT molecular complexity index is 1590. The first-order chi connectivity index (χ1) is 18.2. The Morgan fingerprint density at radius 1 is 1.18 bits per heavy atom. The van der Waals surface area contributed by atoms with E-state index in [1.807, 2.05) is 28.9 Å². The lowest BCUT2D eigenvalue weighted by molar-refractivity contribution is 0.00706. The molecule has 4 atom stereocenters. The van der Waals surface area contributed by atoms with E-state index in [-0.39, 0.29) is 37.5 Å². The van der Waals surface area contributed by atoms with E-state index >= 15 is 0 Å². The zero-order valence-corrected chi connectivity index (χ0v) is 22.1. The highest BCUT2D eigenvalue weighted by atomic mass is 35.5. The predicted molar refractivity (Wildman–Crippen MR) is 139 cm³/mol. The van der Waals surface area contributed by atoms with E-state index in [1.165, 1.54) is 0 Å². The van der Waals surface area contributed by atoms with Gasteiger partial charge in [0, 0.05) is 11.9 Å². The molecule has 14 heteroatoms. The average Bonchev–Trinajstić information content (AvgIpc) is 3.62. The van der Waals surface area contributed by atoms with E-state index in [1.54, 1.807) is 6.07 Å². The van der Waals surface area contributed by atoms with Crippen LogP contribution < -0.4 is 9.46 Å². The van der Waals surface area contributed by atoms with Crippen LogP contribution >= 0.6 is 11.6 Å².